The standard InChI is InChI=1S/C22H138O45Si46.C10H42O11Si12/c1-12-13-14-15-16-17-18-19-20-21-22-98(10,50)102(81-36,53-69-24)66-113(110(92-47,93-48)59-75-30,111(60-76-31,99(11,51)94(2)3)107(86-41,87-42)56-72-27)104(63-97(8,9)62-96(5,6)7,112(108(88-43,89-44)57-73-28,109(90-45,91-46)58-74-29)65-100(77-32,78-33)52-68-23)67-103(105(82-37,83-38)54-70-25,106(84-39,85-40)55-71-26)64-101(79-34,80-35)61-95(4)49;1-9-28(16)19-31(32(23-12,24-13)17-22-11,33(25-14,26-15)18-27(3)4)21-30(7,8)20-29(5,6)10-2/h23-51,94-95H,12-22,68-93H2,1-11H3;9-16,27-28H,1-2,22-26H2,3-8H3. The minimum absolute atomic E-state index is 0.0168. The predicted octanol–water partition coefficient (Wildman–Crippen LogP) is -45.1. The van der Waals surface area contributed by atoms with Gasteiger partial charge in [-0.1, -0.05) is 95.6 Å². The maximum absolute atomic E-state index is 15.8. The van der Waals surface area contributed by atoms with Gasteiger partial charge >= 0.3 is 81.3 Å². The van der Waals surface area contributed by atoms with Crippen molar-refractivity contribution in [1.29, 1.82) is 0 Å². The molecule has 146 heavy (non-hydrogen) atoms. The largest absolute Gasteiger partial charge is 0.458 e. The molecule has 56 nitrogen and oxygen atoms in total. The summed E-state index contributed by atoms with van der Waals surface area (Å²) in [4.78, 5) is 446. The van der Waals surface area contributed by atoms with Crippen LogP contribution >= 0.6 is 0 Å². The van der Waals surface area contributed by atoms with E-state index < -0.39 is 507 Å². The minimum atomic E-state index is -8.25. The Kier molecular flexibility index (Phi) is 78.4. The lowest BCUT2D eigenvalue weighted by atomic mass is 10.1. The van der Waals surface area contributed by atoms with Gasteiger partial charge in [0.05, 0.1) is 8.31 Å². The van der Waals surface area contributed by atoms with Crippen molar-refractivity contribution in [3.63, 3.8) is 0 Å². The third-order valence-corrected chi connectivity index (χ3v) is 619. The summed E-state index contributed by atoms with van der Waals surface area (Å²) in [5.74, 6) is 0. The first-order valence-electron chi connectivity index (χ1n) is 47.1. The fourth-order valence-electron chi connectivity index (χ4n) is 18.5. The molecule has 0 aromatic heterocycles. The van der Waals surface area contributed by atoms with Crippen molar-refractivity contribution in [2.75, 3.05) is 0 Å². The SMILES string of the molecule is C=C[SiH](O)O[Si](O[Si](C)(C)O[Si](C)(C)C=C)([Si](O[SiH2]O)([SiH2]O)[SiH2]O)[Si](O[SiH](C)C)([SiH2]O)[SiH2]O.CCCCCCCCCCCC[Si](C)(O)[Si](O[SiH2]O)(O[Si]([Si](O[SiH2]O)([SiH2]O)[SiH2]O)([Si](O[Si](C)(C)O[Si](C)(C)C)(O[Si](O[Si](O[SiH](C)O)([SiH2]O)[SiH2]O)([Si](O[SiH2]O)([SiH2]O)[SiH2]O)[Si](O[SiH2]O)([SiH2]O)[SiH2]O)[Si](O[Si](O[SiH2]O)([SiH2]O)[SiH2]O)([Si](O[SiH2]O)([SiH2]O)[SiH2]O)[Si](O[SiH2]O)([SiH2]O)[SiH2]O)[Si](O[SiH2]O)([Si](O[SiH2]O)([SiH2]O)[SiH2]O)[Si](C)(O)[SiH](C)C)[SiH2]O. The summed E-state index contributed by atoms with van der Waals surface area (Å²) < 4.78 is 152. The van der Waals surface area contributed by atoms with E-state index in [1.54, 1.807) is 38.4 Å². The highest BCUT2D eigenvalue weighted by atomic mass is 30.5. The topological polar surface area (TPSA) is 902 Å². The van der Waals surface area contributed by atoms with Crippen molar-refractivity contribution in [2.24, 2.45) is 0 Å². The van der Waals surface area contributed by atoms with Crippen LogP contribution in [-0.2, 0) is 86.4 Å². The molecule has 0 aliphatic carbocycles. The molecular weight excluding hydrogens is 2910 g/mol. The van der Waals surface area contributed by atoms with Crippen molar-refractivity contribution >= 4 is 501 Å². The van der Waals surface area contributed by atoms with Crippen LogP contribution < -0.4 is 0 Å². The molecule has 9 atom stereocenters. The van der Waals surface area contributed by atoms with E-state index in [0.29, 0.717) is 19.3 Å². The van der Waals surface area contributed by atoms with E-state index in [0.717, 1.165) is 45.1 Å². The van der Waals surface area contributed by atoms with Crippen molar-refractivity contribution in [3.8, 4) is 0 Å². The zero-order valence-corrected chi connectivity index (χ0v) is 159. The smallest absolute Gasteiger partial charge is 0.338 e. The van der Waals surface area contributed by atoms with Crippen LogP contribution in [0.3, 0.4) is 0 Å². The first kappa shape index (κ1) is 158. The third kappa shape index (κ3) is 35.8. The average molecular weight is 3090 g/mol. The van der Waals surface area contributed by atoms with E-state index in [1.807, 2.05) is 26.2 Å². The van der Waals surface area contributed by atoms with Gasteiger partial charge in [0.25, 0.3) is 141 Å². The van der Waals surface area contributed by atoms with Gasteiger partial charge in [0.2, 0.25) is 88.6 Å². The second-order valence-corrected chi connectivity index (χ2v) is 367. The van der Waals surface area contributed by atoms with Crippen molar-refractivity contribution in [1.82, 2.24) is 0 Å². The van der Waals surface area contributed by atoms with Gasteiger partial charge in [0.1, 0.15) is 0 Å². The Morgan fingerprint density at radius 3 is 0.884 bits per heavy atom. The van der Waals surface area contributed by atoms with Crippen LogP contribution in [-0.4, -0.2) is 669 Å². The van der Waals surface area contributed by atoms with Gasteiger partial charge in [-0.15, -0.1) is 13.2 Å². The minimum Gasteiger partial charge on any atom is -0.458 e. The lowest BCUT2D eigenvalue weighted by Gasteiger charge is -2.74. The lowest BCUT2D eigenvalue weighted by Crippen LogP contribution is -3.17. The average Bonchev–Trinajstić information content (AvgIpc) is 0.624. The van der Waals surface area contributed by atoms with Crippen LogP contribution in [0.25, 0.3) is 0 Å². The Morgan fingerprint density at radius 1 is 0.274 bits per heavy atom. The van der Waals surface area contributed by atoms with Crippen LogP contribution in [0.5, 0.6) is 0 Å². The quantitative estimate of drug-likeness (QED) is 0.0199. The number of unbranched alkanes of at least 4 members (excludes halogenated alkanes) is 9. The molecule has 0 fully saturated rings. The van der Waals surface area contributed by atoms with Gasteiger partial charge < -0.3 is 254 Å². The zero-order valence-electron chi connectivity index (χ0n) is 87.3. The Morgan fingerprint density at radius 2 is 0.589 bits per heavy atom. The molecule has 0 rings (SSSR count). The summed E-state index contributed by atoms with van der Waals surface area (Å²) in [5, 5.41) is 0. The molecule has 0 aliphatic rings. The van der Waals surface area contributed by atoms with Gasteiger partial charge in [-0.05, 0) is 97.7 Å². The van der Waals surface area contributed by atoms with Crippen molar-refractivity contribution in [3.05, 3.63) is 24.6 Å². The number of hydrogen-bond donors (Lipinski definition) is 35. The maximum Gasteiger partial charge on any atom is 0.338 e. The fourth-order valence-corrected chi connectivity index (χ4v) is 1090. The van der Waals surface area contributed by atoms with E-state index >= 15 is 4.80 Å². The summed E-state index contributed by atoms with van der Waals surface area (Å²) in [5.41, 5.74) is 3.04. The van der Waals surface area contributed by atoms with E-state index in [4.69, 9.17) is 86.4 Å². The highest BCUT2D eigenvalue weighted by molar-refractivity contribution is 8.29. The van der Waals surface area contributed by atoms with E-state index in [1.165, 1.54) is 45.0 Å². The molecule has 0 saturated heterocycles. The van der Waals surface area contributed by atoms with Crippen LogP contribution in [0.2, 0.25) is 111 Å². The molecular formula is C32H180O56Si58. The molecule has 35 N–H and O–H groups in total. The summed E-state index contributed by atoms with van der Waals surface area (Å²) in [6.45, 7) is -32.2. The van der Waals surface area contributed by atoms with Gasteiger partial charge in [0.15, 0.2) is 182 Å². The normalized spacial score (nSPS) is 23.8. The molecule has 0 spiro atoms. The lowest BCUT2D eigenvalue weighted by molar-refractivity contribution is 0.289. The molecule has 876 valence electrons. The molecule has 0 heterocycles. The zero-order chi connectivity index (χ0) is 114. The predicted molar refractivity (Wildman–Crippen MR) is 697 cm³/mol. The van der Waals surface area contributed by atoms with E-state index in [9.17, 15) is 163 Å². The van der Waals surface area contributed by atoms with Gasteiger partial charge in [0, 0.05) is 0 Å². The molecule has 0 bridgehead atoms. The highest BCUT2D eigenvalue weighted by Gasteiger charge is 3.04. The fraction of sp³-hybridized carbons (Fsp3) is 0.875. The van der Waals surface area contributed by atoms with Gasteiger partial charge in [-0.25, -0.2) is 0 Å². The molecule has 9 unspecified atom stereocenters. The van der Waals surface area contributed by atoms with Crippen LogP contribution in [0.1, 0.15) is 71.1 Å². The summed E-state index contributed by atoms with van der Waals surface area (Å²) in [7, 11) is -183. The molecule has 0 radical (unpaired) electrons. The number of hydrogen-bond acceptors (Lipinski definition) is 56. The Hall–Kier alpha value is 9.82. The van der Waals surface area contributed by atoms with Gasteiger partial charge in [-0.3, -0.25) is 0 Å². The Bertz CT molecular complexity index is 3480. The third-order valence-electron chi connectivity index (χ3n) is 25.6. The second-order valence-electron chi connectivity index (χ2n) is 38.1. The summed E-state index contributed by atoms with van der Waals surface area (Å²) in [6, 6.07) is -0.433. The van der Waals surface area contributed by atoms with Gasteiger partial charge in [-0.2, -0.15) is 0 Å². The monoisotopic (exact) mass is 3080 g/mol. The van der Waals surface area contributed by atoms with Crippen molar-refractivity contribution < 1.29 is 254 Å². The van der Waals surface area contributed by atoms with E-state index in [2.05, 4.69) is 20.1 Å². The molecule has 114 heteroatoms. The van der Waals surface area contributed by atoms with Crippen LogP contribution in [0.4, 0.5) is 0 Å². The highest BCUT2D eigenvalue weighted by Crippen LogP contribution is 2.58. The van der Waals surface area contributed by atoms with Crippen LogP contribution in [0.15, 0.2) is 24.6 Å². The molecule has 0 saturated carbocycles. The molecule has 0 aliphatic heterocycles. The Labute approximate surface area is 950 Å². The second kappa shape index (κ2) is 72.5. The Balaban J connectivity index is 0. The molecule has 0 aromatic carbocycles. The molecule has 0 aromatic rings. The van der Waals surface area contributed by atoms with Crippen LogP contribution in [0, 0.1) is 0 Å². The first-order chi connectivity index (χ1) is 68.1. The summed E-state index contributed by atoms with van der Waals surface area (Å²) in [6.07, 6.45) is 7.23. The van der Waals surface area contributed by atoms with E-state index in [-0.39, 0.29) is 6.42 Å². The molecule has 0 amide bonds. The van der Waals surface area contributed by atoms with Crippen molar-refractivity contribution in [2.45, 2.75) is 182 Å². The number of rotatable bonds is 90. The maximum atomic E-state index is 15.8. The summed E-state index contributed by atoms with van der Waals surface area (Å²) >= 11 is 0. The first-order valence-corrected chi connectivity index (χ1v) is 194.